The second-order valence-corrected chi connectivity index (χ2v) is 3.77. The van der Waals surface area contributed by atoms with Gasteiger partial charge in [0.1, 0.15) is 0 Å². The van der Waals surface area contributed by atoms with Crippen molar-refractivity contribution in [1.82, 2.24) is 5.32 Å². The lowest BCUT2D eigenvalue weighted by atomic mass is 10.1. The number of hydrogen-bond donors (Lipinski definition) is 1. The van der Waals surface area contributed by atoms with Gasteiger partial charge >= 0.3 is 0 Å². The maximum absolute atomic E-state index is 11.0. The molecule has 0 aliphatic rings. The monoisotopic (exact) mass is 183 g/mol. The molecule has 1 unspecified atom stereocenters. The molecule has 1 aromatic rings. The lowest BCUT2D eigenvalue weighted by molar-refractivity contribution is -0.120. The average molecular weight is 183 g/mol. The Labute approximate surface area is 76.6 Å². The van der Waals surface area contributed by atoms with Crippen molar-refractivity contribution in [2.45, 2.75) is 19.3 Å². The van der Waals surface area contributed by atoms with E-state index in [1.54, 1.807) is 18.4 Å². The van der Waals surface area contributed by atoms with Gasteiger partial charge in [-0.1, -0.05) is 13.0 Å². The topological polar surface area (TPSA) is 29.1 Å². The molecule has 1 atom stereocenters. The zero-order valence-electron chi connectivity index (χ0n) is 7.33. The third-order valence-electron chi connectivity index (χ3n) is 1.80. The summed E-state index contributed by atoms with van der Waals surface area (Å²) in [6, 6.07) is 4.08. The van der Waals surface area contributed by atoms with Crippen LogP contribution >= 0.6 is 11.3 Å². The lowest BCUT2D eigenvalue weighted by Gasteiger charge is -2.06. The Morgan fingerprint density at radius 2 is 2.50 bits per heavy atom. The predicted molar refractivity (Wildman–Crippen MR) is 51.4 cm³/mol. The van der Waals surface area contributed by atoms with Crippen molar-refractivity contribution in [3.8, 4) is 0 Å². The van der Waals surface area contributed by atoms with Crippen molar-refractivity contribution in [2.24, 2.45) is 0 Å². The average Bonchev–Trinajstić information content (AvgIpc) is 2.56. The smallest absolute Gasteiger partial charge is 0.220 e. The molecule has 0 aliphatic carbocycles. The molecule has 0 aliphatic heterocycles. The molecule has 2 nitrogen and oxygen atoms in total. The first-order valence-corrected chi connectivity index (χ1v) is 4.86. The van der Waals surface area contributed by atoms with Gasteiger partial charge in [-0.05, 0) is 17.4 Å². The van der Waals surface area contributed by atoms with Crippen molar-refractivity contribution in [3.05, 3.63) is 22.4 Å². The molecular formula is C9H13NOS. The van der Waals surface area contributed by atoms with Crippen LogP contribution in [0.1, 0.15) is 24.1 Å². The highest BCUT2D eigenvalue weighted by molar-refractivity contribution is 7.10. The van der Waals surface area contributed by atoms with Crippen LogP contribution in [-0.2, 0) is 4.79 Å². The van der Waals surface area contributed by atoms with Gasteiger partial charge in [0.2, 0.25) is 5.91 Å². The highest BCUT2D eigenvalue weighted by Crippen LogP contribution is 2.23. The molecule has 1 aromatic heterocycles. The van der Waals surface area contributed by atoms with Crippen LogP contribution in [0.3, 0.4) is 0 Å². The summed E-state index contributed by atoms with van der Waals surface area (Å²) >= 11 is 1.70. The minimum Gasteiger partial charge on any atom is -0.359 e. The molecule has 0 radical (unpaired) electrons. The zero-order valence-corrected chi connectivity index (χ0v) is 8.15. The van der Waals surface area contributed by atoms with Crippen LogP contribution in [-0.4, -0.2) is 13.0 Å². The summed E-state index contributed by atoms with van der Waals surface area (Å²) in [5.74, 6) is 0.445. The second-order valence-electron chi connectivity index (χ2n) is 2.79. The van der Waals surface area contributed by atoms with Crippen molar-refractivity contribution >= 4 is 17.2 Å². The number of thiophene rings is 1. The number of rotatable bonds is 3. The number of amides is 1. The Hall–Kier alpha value is -0.830. The molecule has 3 heteroatoms. The van der Waals surface area contributed by atoms with E-state index in [-0.39, 0.29) is 5.91 Å². The van der Waals surface area contributed by atoms with Crippen molar-refractivity contribution in [1.29, 1.82) is 0 Å². The number of carbonyl (C=O) groups excluding carboxylic acids is 1. The van der Waals surface area contributed by atoms with E-state index in [2.05, 4.69) is 18.3 Å². The van der Waals surface area contributed by atoms with E-state index in [9.17, 15) is 4.79 Å². The van der Waals surface area contributed by atoms with Gasteiger partial charge in [0.15, 0.2) is 0 Å². The van der Waals surface area contributed by atoms with Crippen molar-refractivity contribution in [3.63, 3.8) is 0 Å². The van der Waals surface area contributed by atoms with E-state index in [1.807, 2.05) is 11.4 Å². The van der Waals surface area contributed by atoms with E-state index in [0.717, 1.165) is 0 Å². The first-order valence-electron chi connectivity index (χ1n) is 3.98. The summed E-state index contributed by atoms with van der Waals surface area (Å²) in [6.07, 6.45) is 0.580. The van der Waals surface area contributed by atoms with E-state index >= 15 is 0 Å². The number of carbonyl (C=O) groups is 1. The molecule has 1 rings (SSSR count). The first-order chi connectivity index (χ1) is 5.74. The van der Waals surface area contributed by atoms with Gasteiger partial charge in [-0.25, -0.2) is 0 Å². The van der Waals surface area contributed by atoms with Crippen molar-refractivity contribution in [2.75, 3.05) is 7.05 Å². The molecule has 66 valence electrons. The van der Waals surface area contributed by atoms with Gasteiger partial charge in [0, 0.05) is 18.3 Å². The summed E-state index contributed by atoms with van der Waals surface area (Å²) in [5, 5.41) is 4.66. The number of nitrogens with one attached hydrogen (secondary N) is 1. The quantitative estimate of drug-likeness (QED) is 0.763. The van der Waals surface area contributed by atoms with E-state index in [4.69, 9.17) is 0 Å². The fraction of sp³-hybridized carbons (Fsp3) is 0.444. The van der Waals surface area contributed by atoms with Crippen LogP contribution in [0.4, 0.5) is 0 Å². The first kappa shape index (κ1) is 9.26. The summed E-state index contributed by atoms with van der Waals surface area (Å²) in [6.45, 7) is 2.07. The Morgan fingerprint density at radius 3 is 3.00 bits per heavy atom. The maximum atomic E-state index is 11.0. The van der Waals surface area contributed by atoms with Crippen LogP contribution in [0.2, 0.25) is 0 Å². The third kappa shape index (κ3) is 2.34. The Morgan fingerprint density at radius 1 is 1.75 bits per heavy atom. The Bertz CT molecular complexity index is 243. The minimum atomic E-state index is 0.107. The predicted octanol–water partition coefficient (Wildman–Crippen LogP) is 1.99. The summed E-state index contributed by atoms with van der Waals surface area (Å²) in [4.78, 5) is 12.3. The third-order valence-corrected chi connectivity index (χ3v) is 2.90. The minimum absolute atomic E-state index is 0.107. The van der Waals surface area contributed by atoms with Gasteiger partial charge < -0.3 is 5.32 Å². The molecule has 0 bridgehead atoms. The summed E-state index contributed by atoms with van der Waals surface area (Å²) in [5.41, 5.74) is 0. The molecule has 0 aromatic carbocycles. The molecule has 0 saturated heterocycles. The van der Waals surface area contributed by atoms with E-state index < -0.39 is 0 Å². The van der Waals surface area contributed by atoms with Crippen LogP contribution < -0.4 is 5.32 Å². The fourth-order valence-electron chi connectivity index (χ4n) is 1.05. The van der Waals surface area contributed by atoms with Gasteiger partial charge in [-0.2, -0.15) is 0 Å². The Balaban J connectivity index is 2.49. The van der Waals surface area contributed by atoms with Crippen LogP contribution in [0.15, 0.2) is 17.5 Å². The molecule has 1 heterocycles. The highest BCUT2D eigenvalue weighted by Gasteiger charge is 2.09. The zero-order chi connectivity index (χ0) is 8.97. The van der Waals surface area contributed by atoms with Gasteiger partial charge in [0.25, 0.3) is 0 Å². The van der Waals surface area contributed by atoms with Crippen LogP contribution in [0.25, 0.3) is 0 Å². The summed E-state index contributed by atoms with van der Waals surface area (Å²) < 4.78 is 0. The van der Waals surface area contributed by atoms with Crippen molar-refractivity contribution < 1.29 is 4.79 Å². The molecule has 12 heavy (non-hydrogen) atoms. The largest absolute Gasteiger partial charge is 0.359 e. The fourth-order valence-corrected chi connectivity index (χ4v) is 1.84. The lowest BCUT2D eigenvalue weighted by Crippen LogP contribution is -2.19. The molecule has 0 saturated carbocycles. The SMILES string of the molecule is CNC(=O)CC(C)c1cccs1. The molecule has 1 amide bonds. The van der Waals surface area contributed by atoms with Gasteiger partial charge in [-0.3, -0.25) is 4.79 Å². The van der Waals surface area contributed by atoms with Crippen LogP contribution in [0.5, 0.6) is 0 Å². The highest BCUT2D eigenvalue weighted by atomic mass is 32.1. The molecule has 1 N–H and O–H groups in total. The number of hydrogen-bond acceptors (Lipinski definition) is 2. The maximum Gasteiger partial charge on any atom is 0.220 e. The normalized spacial score (nSPS) is 12.5. The van der Waals surface area contributed by atoms with E-state index in [1.165, 1.54) is 4.88 Å². The van der Waals surface area contributed by atoms with Gasteiger partial charge in [0.05, 0.1) is 0 Å². The molecule has 0 fully saturated rings. The molecule has 0 spiro atoms. The van der Waals surface area contributed by atoms with Crippen LogP contribution in [0, 0.1) is 0 Å². The Kier molecular flexibility index (Phi) is 3.29. The summed E-state index contributed by atoms with van der Waals surface area (Å²) in [7, 11) is 1.67. The van der Waals surface area contributed by atoms with E-state index in [0.29, 0.717) is 12.3 Å². The molecular weight excluding hydrogens is 170 g/mol. The standard InChI is InChI=1S/C9H13NOS/c1-7(6-9(11)10-2)8-4-3-5-12-8/h3-5,7H,6H2,1-2H3,(H,10,11). The van der Waals surface area contributed by atoms with Gasteiger partial charge in [-0.15, -0.1) is 11.3 Å². The second kappa shape index (κ2) is 4.26.